The average molecular weight is 590 g/mol. The summed E-state index contributed by atoms with van der Waals surface area (Å²) in [5, 5.41) is 21.0. The fraction of sp³-hybridized carbons (Fsp3) is 0.111. The van der Waals surface area contributed by atoms with Gasteiger partial charge in [0.15, 0.2) is 4.34 Å². The molecule has 0 bridgehead atoms. The van der Waals surface area contributed by atoms with Crippen molar-refractivity contribution >= 4 is 62.4 Å². The third-order valence-electron chi connectivity index (χ3n) is 6.21. The molecular weight excluding hydrogens is 570 g/mol. The quantitative estimate of drug-likeness (QED) is 0.150. The zero-order valence-corrected chi connectivity index (χ0v) is 23.3. The third-order valence-corrected chi connectivity index (χ3v) is 8.60. The maximum Gasteiger partial charge on any atom is 0.267 e. The number of rotatable bonds is 7. The van der Waals surface area contributed by atoms with Gasteiger partial charge in [-0.15, -0.1) is 10.2 Å². The molecule has 0 aliphatic carbocycles. The van der Waals surface area contributed by atoms with Gasteiger partial charge in [-0.1, -0.05) is 59.0 Å². The number of pyridine rings is 2. The van der Waals surface area contributed by atoms with Crippen LogP contribution in [0.2, 0.25) is 5.02 Å². The number of carbonyl (C=O) groups is 1. The Kier molecular flexibility index (Phi) is 6.96. The summed E-state index contributed by atoms with van der Waals surface area (Å²) in [5.74, 6) is 0.558. The van der Waals surface area contributed by atoms with Crippen LogP contribution < -0.4 is 16.4 Å². The standard InChI is InChI=1S/C27H20ClN7O3S2/c1-15-6-4-10-34-22(15)30-23-19(25(34)37)12-18(21(29)35(23)13-17-8-5-11-38-17)24(36)31-26-32-33-27(40-26)39-14-16-7-2-3-9-20(16)28/h2-12,29H,13-14H2,1H3,(H,31,32,36). The maximum atomic E-state index is 13.5. The van der Waals surface area contributed by atoms with Crippen molar-refractivity contribution in [3.05, 3.63) is 110 Å². The van der Waals surface area contributed by atoms with Crippen LogP contribution in [0.4, 0.5) is 5.13 Å². The molecule has 6 rings (SSSR count). The number of thioether (sulfide) groups is 1. The second-order valence-corrected chi connectivity index (χ2v) is 11.4. The van der Waals surface area contributed by atoms with Crippen LogP contribution >= 0.6 is 34.7 Å². The average Bonchev–Trinajstić information content (AvgIpc) is 3.63. The molecule has 10 nitrogen and oxygen atoms in total. The molecule has 200 valence electrons. The number of benzene rings is 1. The summed E-state index contributed by atoms with van der Waals surface area (Å²) in [4.78, 5) is 31.6. The second-order valence-electron chi connectivity index (χ2n) is 8.82. The minimum Gasteiger partial charge on any atom is -0.467 e. The lowest BCUT2D eigenvalue weighted by Crippen LogP contribution is -2.32. The summed E-state index contributed by atoms with van der Waals surface area (Å²) in [6.45, 7) is 1.97. The van der Waals surface area contributed by atoms with Crippen LogP contribution in [-0.4, -0.2) is 30.1 Å². The van der Waals surface area contributed by atoms with Gasteiger partial charge in [0.05, 0.1) is 23.8 Å². The number of hydrogen-bond donors (Lipinski definition) is 2. The predicted octanol–water partition coefficient (Wildman–Crippen LogP) is 5.13. The molecule has 5 heterocycles. The maximum absolute atomic E-state index is 13.5. The van der Waals surface area contributed by atoms with E-state index in [0.717, 1.165) is 11.1 Å². The summed E-state index contributed by atoms with van der Waals surface area (Å²) < 4.78 is 9.09. The molecule has 0 aliphatic rings. The summed E-state index contributed by atoms with van der Waals surface area (Å²) in [6.07, 6.45) is 3.16. The van der Waals surface area contributed by atoms with E-state index < -0.39 is 5.91 Å². The van der Waals surface area contributed by atoms with Crippen LogP contribution in [-0.2, 0) is 12.3 Å². The van der Waals surface area contributed by atoms with Crippen molar-refractivity contribution in [1.29, 1.82) is 5.41 Å². The highest BCUT2D eigenvalue weighted by Gasteiger charge is 2.20. The minimum absolute atomic E-state index is 0.00831. The molecule has 1 aromatic carbocycles. The monoisotopic (exact) mass is 589 g/mol. The Bertz CT molecular complexity index is 2020. The number of aryl methyl sites for hydroxylation is 1. The van der Waals surface area contributed by atoms with Gasteiger partial charge in [-0.3, -0.25) is 24.7 Å². The number of halogens is 1. The minimum atomic E-state index is -0.590. The lowest BCUT2D eigenvalue weighted by molar-refractivity contribution is 0.102. The van der Waals surface area contributed by atoms with E-state index in [1.165, 1.54) is 44.4 Å². The van der Waals surface area contributed by atoms with Gasteiger partial charge >= 0.3 is 0 Å². The van der Waals surface area contributed by atoms with Gasteiger partial charge in [0.1, 0.15) is 22.5 Å². The van der Waals surface area contributed by atoms with Crippen LogP contribution in [0, 0.1) is 12.3 Å². The first-order chi connectivity index (χ1) is 19.4. The van der Waals surface area contributed by atoms with Crippen LogP contribution in [0.15, 0.2) is 80.6 Å². The smallest absolute Gasteiger partial charge is 0.267 e. The number of fused-ring (bicyclic) bond motifs is 2. The normalized spacial score (nSPS) is 11.3. The van der Waals surface area contributed by atoms with Crippen molar-refractivity contribution in [2.45, 2.75) is 23.6 Å². The highest BCUT2D eigenvalue weighted by molar-refractivity contribution is 8.00. The Morgan fingerprint density at radius 3 is 2.80 bits per heavy atom. The van der Waals surface area contributed by atoms with Gasteiger partial charge < -0.3 is 8.98 Å². The van der Waals surface area contributed by atoms with Crippen molar-refractivity contribution < 1.29 is 9.21 Å². The van der Waals surface area contributed by atoms with E-state index in [2.05, 4.69) is 15.5 Å². The van der Waals surface area contributed by atoms with E-state index in [1.807, 2.05) is 37.3 Å². The first-order valence-corrected chi connectivity index (χ1v) is 14.2. The van der Waals surface area contributed by atoms with Crippen molar-refractivity contribution in [1.82, 2.24) is 24.1 Å². The number of amides is 1. The molecule has 0 aliphatic heterocycles. The molecule has 40 heavy (non-hydrogen) atoms. The molecule has 0 saturated heterocycles. The highest BCUT2D eigenvalue weighted by atomic mass is 35.5. The Morgan fingerprint density at radius 2 is 2.00 bits per heavy atom. The number of furan rings is 1. The Hall–Kier alpha value is -4.26. The van der Waals surface area contributed by atoms with E-state index in [1.54, 1.807) is 24.4 Å². The summed E-state index contributed by atoms with van der Waals surface area (Å²) >= 11 is 8.90. The van der Waals surface area contributed by atoms with Crippen molar-refractivity contribution in [2.24, 2.45) is 0 Å². The number of nitrogens with one attached hydrogen (secondary N) is 2. The molecule has 0 fully saturated rings. The van der Waals surface area contributed by atoms with E-state index >= 15 is 0 Å². The molecule has 0 unspecified atom stereocenters. The summed E-state index contributed by atoms with van der Waals surface area (Å²) in [5.41, 5.74) is 2.05. The Balaban J connectivity index is 1.36. The van der Waals surface area contributed by atoms with Gasteiger partial charge in [-0.05, 0) is 48.4 Å². The second kappa shape index (κ2) is 10.7. The van der Waals surface area contributed by atoms with Gasteiger partial charge in [-0.25, -0.2) is 4.98 Å². The molecule has 13 heteroatoms. The first-order valence-electron chi connectivity index (χ1n) is 12.0. The van der Waals surface area contributed by atoms with Gasteiger partial charge in [-0.2, -0.15) is 0 Å². The largest absolute Gasteiger partial charge is 0.467 e. The first kappa shape index (κ1) is 26.0. The number of hydrogen-bond acceptors (Lipinski definition) is 9. The number of nitrogens with zero attached hydrogens (tertiary/aromatic N) is 5. The molecule has 5 aromatic heterocycles. The summed E-state index contributed by atoms with van der Waals surface area (Å²) in [6, 6.07) is 16.1. The molecule has 2 N–H and O–H groups in total. The fourth-order valence-corrected chi connectivity index (χ4v) is 6.25. The zero-order valence-electron chi connectivity index (χ0n) is 20.9. The lowest BCUT2D eigenvalue weighted by atomic mass is 10.2. The molecule has 6 aromatic rings. The number of carbonyl (C=O) groups excluding carboxylic acids is 1. The van der Waals surface area contributed by atoms with Gasteiger partial charge in [0.25, 0.3) is 11.5 Å². The molecular formula is C27H20ClN7O3S2. The lowest BCUT2D eigenvalue weighted by Gasteiger charge is -2.14. The number of anilines is 1. The molecule has 0 atom stereocenters. The van der Waals surface area contributed by atoms with Crippen LogP contribution in [0.5, 0.6) is 0 Å². The fourth-order valence-electron chi connectivity index (χ4n) is 4.22. The van der Waals surface area contributed by atoms with Crippen LogP contribution in [0.3, 0.4) is 0 Å². The van der Waals surface area contributed by atoms with Crippen molar-refractivity contribution in [2.75, 3.05) is 5.32 Å². The van der Waals surface area contributed by atoms with E-state index in [4.69, 9.17) is 26.4 Å². The van der Waals surface area contributed by atoms with E-state index in [-0.39, 0.29) is 39.3 Å². The summed E-state index contributed by atoms with van der Waals surface area (Å²) in [7, 11) is 0. The van der Waals surface area contributed by atoms with Crippen molar-refractivity contribution in [3.63, 3.8) is 0 Å². The van der Waals surface area contributed by atoms with Crippen molar-refractivity contribution in [3.8, 4) is 0 Å². The zero-order chi connectivity index (χ0) is 27.8. The SMILES string of the molecule is Cc1cccn2c(=O)c3cc(C(=O)Nc4nnc(SCc5ccccc5Cl)s4)c(=N)n(Cc4ccco4)c3nc12. The number of aromatic nitrogens is 5. The van der Waals surface area contributed by atoms with Crippen LogP contribution in [0.25, 0.3) is 16.7 Å². The van der Waals surface area contributed by atoms with Crippen LogP contribution in [0.1, 0.15) is 27.2 Å². The Labute approximate surface area is 239 Å². The topological polar surface area (TPSA) is 131 Å². The molecule has 0 saturated carbocycles. The third kappa shape index (κ3) is 4.92. The van der Waals surface area contributed by atoms with Gasteiger partial charge in [0, 0.05) is 17.0 Å². The van der Waals surface area contributed by atoms with Gasteiger partial charge in [0.2, 0.25) is 5.13 Å². The highest BCUT2D eigenvalue weighted by Crippen LogP contribution is 2.30. The Morgan fingerprint density at radius 1 is 1.15 bits per heavy atom. The molecule has 0 spiro atoms. The molecule has 0 radical (unpaired) electrons. The molecule has 1 amide bonds. The predicted molar refractivity (Wildman–Crippen MR) is 154 cm³/mol. The van der Waals surface area contributed by atoms with E-state index in [9.17, 15) is 9.59 Å². The van der Waals surface area contributed by atoms with E-state index in [0.29, 0.717) is 26.5 Å².